The molecule has 0 fully saturated rings. The van der Waals surface area contributed by atoms with Gasteiger partial charge in [0.15, 0.2) is 12.4 Å². The molecule has 1 amide bonds. The van der Waals surface area contributed by atoms with Gasteiger partial charge in [0.1, 0.15) is 11.5 Å². The fourth-order valence-corrected chi connectivity index (χ4v) is 4.93. The molecule has 184 valence electrons. The Morgan fingerprint density at radius 1 is 0.943 bits per heavy atom. The predicted octanol–water partition coefficient (Wildman–Crippen LogP) is 4.52. The molecule has 1 N–H and O–H groups in total. The van der Waals surface area contributed by atoms with E-state index in [1.165, 1.54) is 29.6 Å². The molecule has 8 nitrogen and oxygen atoms in total. The van der Waals surface area contributed by atoms with E-state index in [1.807, 2.05) is 6.07 Å². The third kappa shape index (κ3) is 6.19. The molecule has 9 heteroatoms. The van der Waals surface area contributed by atoms with E-state index in [9.17, 15) is 18.0 Å². The van der Waals surface area contributed by atoms with Crippen molar-refractivity contribution in [3.05, 3.63) is 78.4 Å². The second-order valence-corrected chi connectivity index (χ2v) is 9.37. The summed E-state index contributed by atoms with van der Waals surface area (Å²) in [6.07, 6.45) is 0.403. The van der Waals surface area contributed by atoms with Gasteiger partial charge in [0.25, 0.3) is 15.9 Å². The van der Waals surface area contributed by atoms with Gasteiger partial charge >= 0.3 is 0 Å². The van der Waals surface area contributed by atoms with Gasteiger partial charge in [-0.2, -0.15) is 0 Å². The number of ketones is 1. The van der Waals surface area contributed by atoms with Crippen LogP contribution in [-0.2, 0) is 14.8 Å². The number of sulfonamides is 1. The minimum Gasteiger partial charge on any atom is -0.495 e. The van der Waals surface area contributed by atoms with E-state index in [1.54, 1.807) is 62.4 Å². The number of Topliss-reactive ketones (excluding diaryl/α,β-unsaturated/α-hetero) is 1. The van der Waals surface area contributed by atoms with Gasteiger partial charge in [0.05, 0.1) is 23.4 Å². The molecule has 3 rings (SSSR count). The van der Waals surface area contributed by atoms with Crippen molar-refractivity contribution in [2.45, 2.75) is 25.2 Å². The zero-order valence-electron chi connectivity index (χ0n) is 19.9. The number of para-hydroxylation sites is 1. The number of hydrogen-bond acceptors (Lipinski definition) is 6. The summed E-state index contributed by atoms with van der Waals surface area (Å²) in [7, 11) is -2.46. The Labute approximate surface area is 205 Å². The van der Waals surface area contributed by atoms with Crippen molar-refractivity contribution in [2.75, 3.05) is 29.9 Å². The van der Waals surface area contributed by atoms with Crippen LogP contribution in [0.5, 0.6) is 11.5 Å². The molecule has 0 aliphatic heterocycles. The van der Waals surface area contributed by atoms with Crippen LogP contribution in [-0.4, -0.2) is 40.4 Å². The van der Waals surface area contributed by atoms with Crippen LogP contribution in [0, 0.1) is 0 Å². The number of hydrogen-bond donors (Lipinski definition) is 1. The minimum absolute atomic E-state index is 0.0106. The topological polar surface area (TPSA) is 102 Å². The number of amides is 1. The van der Waals surface area contributed by atoms with E-state index < -0.39 is 15.9 Å². The summed E-state index contributed by atoms with van der Waals surface area (Å²) in [5.74, 6) is 0.257. The minimum atomic E-state index is -3.89. The van der Waals surface area contributed by atoms with E-state index >= 15 is 0 Å². The highest BCUT2D eigenvalue weighted by atomic mass is 32.2. The van der Waals surface area contributed by atoms with Crippen molar-refractivity contribution < 1.29 is 27.5 Å². The molecule has 3 aromatic rings. The number of rotatable bonds is 11. The first kappa shape index (κ1) is 25.8. The van der Waals surface area contributed by atoms with Crippen LogP contribution in [0.3, 0.4) is 0 Å². The summed E-state index contributed by atoms with van der Waals surface area (Å²) < 4.78 is 38.8. The van der Waals surface area contributed by atoms with Crippen LogP contribution >= 0.6 is 0 Å². The fourth-order valence-electron chi connectivity index (χ4n) is 3.43. The molecule has 0 saturated heterocycles. The largest absolute Gasteiger partial charge is 0.495 e. The van der Waals surface area contributed by atoms with Crippen LogP contribution in [0.2, 0.25) is 0 Å². The molecule has 0 aromatic heterocycles. The molecule has 0 bridgehead atoms. The Morgan fingerprint density at radius 2 is 1.63 bits per heavy atom. The Balaban J connectivity index is 1.76. The maximum atomic E-state index is 13.3. The van der Waals surface area contributed by atoms with Gasteiger partial charge in [-0.25, -0.2) is 8.42 Å². The maximum Gasteiger partial charge on any atom is 0.264 e. The van der Waals surface area contributed by atoms with Crippen LogP contribution in [0.4, 0.5) is 11.4 Å². The van der Waals surface area contributed by atoms with Crippen molar-refractivity contribution in [2.24, 2.45) is 0 Å². The molecular weight excluding hydrogens is 468 g/mol. The van der Waals surface area contributed by atoms with Crippen molar-refractivity contribution in [1.29, 1.82) is 0 Å². The third-order valence-corrected chi connectivity index (χ3v) is 7.13. The lowest BCUT2D eigenvalue weighted by Crippen LogP contribution is -2.30. The first-order valence-electron chi connectivity index (χ1n) is 11.1. The van der Waals surface area contributed by atoms with E-state index in [-0.39, 0.29) is 29.5 Å². The molecule has 0 unspecified atom stereocenters. The summed E-state index contributed by atoms with van der Waals surface area (Å²) in [4.78, 5) is 24.3. The highest BCUT2D eigenvalue weighted by molar-refractivity contribution is 7.92. The number of nitrogens with zero attached hydrogens (tertiary/aromatic N) is 1. The maximum absolute atomic E-state index is 13.3. The normalized spacial score (nSPS) is 10.9. The molecule has 0 radical (unpaired) electrons. The average molecular weight is 497 g/mol. The number of ether oxygens (including phenoxy) is 2. The number of methoxy groups -OCH3 is 1. The number of benzene rings is 3. The Hall–Kier alpha value is -3.85. The number of anilines is 2. The lowest BCUT2D eigenvalue weighted by molar-refractivity contribution is -0.118. The molecule has 0 saturated carbocycles. The summed E-state index contributed by atoms with van der Waals surface area (Å²) in [5.41, 5.74) is 1.32. The molecule has 0 heterocycles. The van der Waals surface area contributed by atoms with Gasteiger partial charge in [-0.05, 0) is 61.5 Å². The lowest BCUT2D eigenvalue weighted by Gasteiger charge is -2.23. The van der Waals surface area contributed by atoms with Crippen molar-refractivity contribution in [3.63, 3.8) is 0 Å². The Morgan fingerprint density at radius 3 is 2.23 bits per heavy atom. The van der Waals surface area contributed by atoms with Gasteiger partial charge in [-0.3, -0.25) is 13.9 Å². The van der Waals surface area contributed by atoms with Gasteiger partial charge < -0.3 is 14.8 Å². The van der Waals surface area contributed by atoms with E-state index in [0.717, 1.165) is 0 Å². The SMILES string of the molecule is CCC(=O)c1ccc(OCC(=O)Nc2cc(S(=O)(=O)N(CC)c3ccccc3)ccc2OC)cc1. The first-order valence-corrected chi connectivity index (χ1v) is 12.6. The van der Waals surface area contributed by atoms with E-state index in [4.69, 9.17) is 9.47 Å². The van der Waals surface area contributed by atoms with Crippen molar-refractivity contribution >= 4 is 33.1 Å². The zero-order chi connectivity index (χ0) is 25.4. The van der Waals surface area contributed by atoms with E-state index in [0.29, 0.717) is 29.2 Å². The van der Waals surface area contributed by atoms with Gasteiger partial charge in [0.2, 0.25) is 0 Å². The van der Waals surface area contributed by atoms with Crippen molar-refractivity contribution in [3.8, 4) is 11.5 Å². The summed E-state index contributed by atoms with van der Waals surface area (Å²) in [6, 6.07) is 19.6. The van der Waals surface area contributed by atoms with Crippen LogP contribution < -0.4 is 19.1 Å². The number of carbonyl (C=O) groups is 2. The average Bonchev–Trinajstić information content (AvgIpc) is 2.88. The summed E-state index contributed by atoms with van der Waals surface area (Å²) >= 11 is 0. The quantitative estimate of drug-likeness (QED) is 0.392. The number of nitrogens with one attached hydrogen (secondary N) is 1. The van der Waals surface area contributed by atoms with Crippen LogP contribution in [0.15, 0.2) is 77.7 Å². The summed E-state index contributed by atoms with van der Waals surface area (Å²) in [6.45, 7) is 3.45. The fraction of sp³-hybridized carbons (Fsp3) is 0.231. The Bertz CT molecular complexity index is 1270. The van der Waals surface area contributed by atoms with Crippen LogP contribution in [0.1, 0.15) is 30.6 Å². The highest BCUT2D eigenvalue weighted by Gasteiger charge is 2.25. The van der Waals surface area contributed by atoms with Crippen molar-refractivity contribution in [1.82, 2.24) is 0 Å². The standard InChI is InChI=1S/C26H28N2O6S/c1-4-24(29)19-11-13-21(14-12-19)34-18-26(30)27-23-17-22(15-16-25(23)33-3)35(31,32)28(5-2)20-9-7-6-8-10-20/h6-17H,4-5,18H2,1-3H3,(H,27,30). The monoisotopic (exact) mass is 496 g/mol. The molecule has 3 aromatic carbocycles. The number of carbonyl (C=O) groups excluding carboxylic acids is 2. The predicted molar refractivity (Wildman–Crippen MR) is 135 cm³/mol. The molecule has 0 atom stereocenters. The molecule has 0 spiro atoms. The second kappa shape index (κ2) is 11.5. The van der Waals surface area contributed by atoms with Gasteiger partial charge in [-0.15, -0.1) is 0 Å². The second-order valence-electron chi connectivity index (χ2n) is 7.51. The molecular formula is C26H28N2O6S. The zero-order valence-corrected chi connectivity index (χ0v) is 20.7. The first-order chi connectivity index (χ1) is 16.8. The third-order valence-electron chi connectivity index (χ3n) is 5.23. The summed E-state index contributed by atoms with van der Waals surface area (Å²) in [5, 5.41) is 2.65. The molecule has 0 aliphatic carbocycles. The lowest BCUT2D eigenvalue weighted by atomic mass is 10.1. The van der Waals surface area contributed by atoms with Gasteiger partial charge in [0, 0.05) is 18.5 Å². The molecule has 35 heavy (non-hydrogen) atoms. The smallest absolute Gasteiger partial charge is 0.264 e. The highest BCUT2D eigenvalue weighted by Crippen LogP contribution is 2.30. The van der Waals surface area contributed by atoms with E-state index in [2.05, 4.69) is 5.32 Å². The van der Waals surface area contributed by atoms with Crippen LogP contribution in [0.25, 0.3) is 0 Å². The van der Waals surface area contributed by atoms with Gasteiger partial charge in [-0.1, -0.05) is 25.1 Å². The molecule has 0 aliphatic rings. The Kier molecular flexibility index (Phi) is 8.48.